The van der Waals surface area contributed by atoms with Crippen molar-refractivity contribution in [3.8, 4) is 0 Å². The van der Waals surface area contributed by atoms with Crippen LogP contribution in [0.4, 0.5) is 13.2 Å². The fourth-order valence-electron chi connectivity index (χ4n) is 1.39. The Bertz CT molecular complexity index is 441. The molecule has 1 rings (SSSR count). The first-order valence-corrected chi connectivity index (χ1v) is 5.71. The van der Waals surface area contributed by atoms with Crippen molar-refractivity contribution in [2.75, 3.05) is 6.61 Å². The highest BCUT2D eigenvalue weighted by molar-refractivity contribution is 6.17. The lowest BCUT2D eigenvalue weighted by Gasteiger charge is -2.09. The number of alkyl halides is 3. The molecule has 0 aliphatic rings. The van der Waals surface area contributed by atoms with Crippen molar-refractivity contribution >= 4 is 17.6 Å². The number of hydrogen-bond acceptors (Lipinski definition) is 3. The van der Waals surface area contributed by atoms with Crippen LogP contribution in [0.25, 0.3) is 0 Å². The van der Waals surface area contributed by atoms with Gasteiger partial charge in [0.25, 0.3) is 6.43 Å². The van der Waals surface area contributed by atoms with Crippen molar-refractivity contribution < 1.29 is 22.7 Å². The number of pyridine rings is 1. The molecule has 0 saturated carbocycles. The van der Waals surface area contributed by atoms with E-state index >= 15 is 0 Å². The Morgan fingerprint density at radius 3 is 2.72 bits per heavy atom. The maximum Gasteiger partial charge on any atom is 0.311 e. The number of rotatable bonds is 5. The van der Waals surface area contributed by atoms with Crippen LogP contribution < -0.4 is 0 Å². The summed E-state index contributed by atoms with van der Waals surface area (Å²) in [5, 5.41) is 0. The SMILES string of the molecule is CCOC(=O)Cc1cc(C(F)F)c(CCl)c(F)n1. The van der Waals surface area contributed by atoms with Crippen LogP contribution in [0.1, 0.15) is 30.2 Å². The Labute approximate surface area is 107 Å². The molecular formula is C11H11ClF3NO2. The molecule has 100 valence electrons. The predicted molar refractivity (Wildman–Crippen MR) is 59.0 cm³/mol. The van der Waals surface area contributed by atoms with Crippen LogP contribution in [0.3, 0.4) is 0 Å². The van der Waals surface area contributed by atoms with E-state index in [-0.39, 0.29) is 24.3 Å². The van der Waals surface area contributed by atoms with Gasteiger partial charge in [0.05, 0.1) is 24.6 Å². The van der Waals surface area contributed by atoms with Crippen molar-refractivity contribution in [2.45, 2.75) is 25.7 Å². The van der Waals surface area contributed by atoms with Gasteiger partial charge in [-0.25, -0.2) is 13.8 Å². The second-order valence-electron chi connectivity index (χ2n) is 3.39. The van der Waals surface area contributed by atoms with Crippen LogP contribution in [-0.2, 0) is 21.8 Å². The third-order valence-electron chi connectivity index (χ3n) is 2.16. The summed E-state index contributed by atoms with van der Waals surface area (Å²) in [6, 6.07) is 0.975. The normalized spacial score (nSPS) is 10.8. The van der Waals surface area contributed by atoms with E-state index in [1.807, 2.05) is 0 Å². The minimum Gasteiger partial charge on any atom is -0.466 e. The summed E-state index contributed by atoms with van der Waals surface area (Å²) in [4.78, 5) is 14.6. The lowest BCUT2D eigenvalue weighted by atomic mass is 10.1. The molecule has 0 unspecified atom stereocenters. The van der Waals surface area contributed by atoms with E-state index in [0.29, 0.717) is 0 Å². The molecule has 7 heteroatoms. The second kappa shape index (κ2) is 6.58. The number of aromatic nitrogens is 1. The van der Waals surface area contributed by atoms with Crippen LogP contribution in [0, 0.1) is 5.95 Å². The topological polar surface area (TPSA) is 39.2 Å². The van der Waals surface area contributed by atoms with Crippen molar-refractivity contribution in [1.82, 2.24) is 4.98 Å². The summed E-state index contributed by atoms with van der Waals surface area (Å²) in [6.45, 7) is 1.76. The smallest absolute Gasteiger partial charge is 0.311 e. The Hall–Kier alpha value is -1.30. The maximum atomic E-state index is 13.4. The molecule has 1 aromatic rings. The number of carbonyl (C=O) groups is 1. The fourth-order valence-corrected chi connectivity index (χ4v) is 1.65. The molecule has 0 aliphatic carbocycles. The predicted octanol–water partition coefficient (Wildman–Crippen LogP) is 3.00. The van der Waals surface area contributed by atoms with Gasteiger partial charge in [-0.05, 0) is 13.0 Å². The molecule has 3 nitrogen and oxygen atoms in total. The van der Waals surface area contributed by atoms with E-state index in [2.05, 4.69) is 9.72 Å². The summed E-state index contributed by atoms with van der Waals surface area (Å²) in [5.41, 5.74) is -0.994. The quantitative estimate of drug-likeness (QED) is 0.473. The maximum absolute atomic E-state index is 13.4. The molecule has 0 saturated heterocycles. The average Bonchev–Trinajstić information content (AvgIpc) is 2.28. The van der Waals surface area contributed by atoms with Crippen LogP contribution in [0.15, 0.2) is 6.07 Å². The molecule has 1 aromatic heterocycles. The first-order valence-electron chi connectivity index (χ1n) is 5.17. The summed E-state index contributed by atoms with van der Waals surface area (Å²) in [5.74, 6) is -2.14. The first-order chi connectivity index (χ1) is 8.49. The van der Waals surface area contributed by atoms with Crippen LogP contribution in [-0.4, -0.2) is 17.6 Å². The number of hydrogen-bond donors (Lipinski definition) is 0. The summed E-state index contributed by atoms with van der Waals surface area (Å²) < 4.78 is 43.4. The molecule has 0 aliphatic heterocycles. The van der Waals surface area contributed by atoms with E-state index in [4.69, 9.17) is 11.6 Å². The van der Waals surface area contributed by atoms with Gasteiger partial charge < -0.3 is 4.74 Å². The van der Waals surface area contributed by atoms with Crippen LogP contribution in [0.5, 0.6) is 0 Å². The number of halogens is 4. The van der Waals surface area contributed by atoms with Gasteiger partial charge in [0.2, 0.25) is 5.95 Å². The lowest BCUT2D eigenvalue weighted by Crippen LogP contribution is -2.11. The van der Waals surface area contributed by atoms with Crippen molar-refractivity contribution in [3.05, 3.63) is 28.8 Å². The zero-order valence-corrected chi connectivity index (χ0v) is 10.3. The Morgan fingerprint density at radius 2 is 2.22 bits per heavy atom. The highest BCUT2D eigenvalue weighted by Crippen LogP contribution is 2.26. The van der Waals surface area contributed by atoms with Crippen LogP contribution >= 0.6 is 11.6 Å². The zero-order valence-electron chi connectivity index (χ0n) is 9.55. The molecule has 0 bridgehead atoms. The van der Waals surface area contributed by atoms with Gasteiger partial charge in [0.15, 0.2) is 0 Å². The van der Waals surface area contributed by atoms with E-state index in [9.17, 15) is 18.0 Å². The van der Waals surface area contributed by atoms with E-state index in [1.165, 1.54) is 0 Å². The molecule has 0 aromatic carbocycles. The van der Waals surface area contributed by atoms with Gasteiger partial charge in [0.1, 0.15) is 0 Å². The van der Waals surface area contributed by atoms with Gasteiger partial charge in [-0.15, -0.1) is 11.6 Å². The van der Waals surface area contributed by atoms with Crippen molar-refractivity contribution in [1.29, 1.82) is 0 Å². The van der Waals surface area contributed by atoms with Gasteiger partial charge >= 0.3 is 5.97 Å². The largest absolute Gasteiger partial charge is 0.466 e. The zero-order chi connectivity index (χ0) is 13.7. The van der Waals surface area contributed by atoms with Gasteiger partial charge in [-0.3, -0.25) is 4.79 Å². The molecule has 18 heavy (non-hydrogen) atoms. The minimum atomic E-state index is -2.88. The Morgan fingerprint density at radius 1 is 1.56 bits per heavy atom. The minimum absolute atomic E-state index is 0.102. The third-order valence-corrected chi connectivity index (χ3v) is 2.43. The lowest BCUT2D eigenvalue weighted by molar-refractivity contribution is -0.142. The monoisotopic (exact) mass is 281 g/mol. The molecule has 0 spiro atoms. The van der Waals surface area contributed by atoms with E-state index < -0.39 is 29.8 Å². The molecule has 0 amide bonds. The van der Waals surface area contributed by atoms with Gasteiger partial charge in [-0.2, -0.15) is 4.39 Å². The third kappa shape index (κ3) is 3.60. The number of esters is 1. The summed E-state index contributed by atoms with van der Waals surface area (Å²) >= 11 is 5.38. The van der Waals surface area contributed by atoms with Crippen molar-refractivity contribution in [2.24, 2.45) is 0 Å². The highest BCUT2D eigenvalue weighted by Gasteiger charge is 2.20. The van der Waals surface area contributed by atoms with Crippen molar-refractivity contribution in [3.63, 3.8) is 0 Å². The number of carbonyl (C=O) groups excluding carboxylic acids is 1. The Balaban J connectivity index is 3.05. The molecule has 0 N–H and O–H groups in total. The highest BCUT2D eigenvalue weighted by atomic mass is 35.5. The van der Waals surface area contributed by atoms with E-state index in [0.717, 1.165) is 6.07 Å². The molecule has 0 fully saturated rings. The second-order valence-corrected chi connectivity index (χ2v) is 3.66. The fraction of sp³-hybridized carbons (Fsp3) is 0.455. The molecule has 0 atom stereocenters. The van der Waals surface area contributed by atoms with E-state index in [1.54, 1.807) is 6.92 Å². The number of ether oxygens (including phenoxy) is 1. The summed E-state index contributed by atoms with van der Waals surface area (Å²) in [7, 11) is 0. The van der Waals surface area contributed by atoms with Gasteiger partial charge in [0, 0.05) is 11.1 Å². The Kier molecular flexibility index (Phi) is 5.40. The first kappa shape index (κ1) is 14.8. The average molecular weight is 282 g/mol. The molecule has 0 radical (unpaired) electrons. The van der Waals surface area contributed by atoms with Gasteiger partial charge in [-0.1, -0.05) is 0 Å². The standard InChI is InChI=1S/C11H11ClF3NO2/c1-2-18-9(17)4-6-3-7(10(13)14)8(5-12)11(15)16-6/h3,10H,2,4-5H2,1H3. The van der Waals surface area contributed by atoms with Crippen LogP contribution in [0.2, 0.25) is 0 Å². The number of nitrogens with zero attached hydrogens (tertiary/aromatic N) is 1. The molecule has 1 heterocycles. The summed E-state index contributed by atoms with van der Waals surface area (Å²) in [6.07, 6.45) is -3.23. The molecular weight excluding hydrogens is 271 g/mol.